The molecule has 0 saturated heterocycles. The minimum Gasteiger partial charge on any atom is -0.350 e. The number of amides is 1. The summed E-state index contributed by atoms with van der Waals surface area (Å²) >= 11 is 2.22. The Balaban J connectivity index is 2.41. The van der Waals surface area contributed by atoms with Crippen LogP contribution in [0.25, 0.3) is 10.9 Å². The Labute approximate surface area is 107 Å². The number of aryl methyl sites for hydroxylation is 1. The molecule has 0 saturated carbocycles. The summed E-state index contributed by atoms with van der Waals surface area (Å²) in [6, 6.07) is 7.73. The molecule has 5 heteroatoms. The molecule has 0 atom stereocenters. The SMILES string of the molecule is Cn1nc(C(=O)NCCI)c2ccccc21. The molecular weight excluding hydrogens is 317 g/mol. The predicted molar refractivity (Wildman–Crippen MR) is 71.9 cm³/mol. The molecule has 0 unspecified atom stereocenters. The van der Waals surface area contributed by atoms with Crippen LogP contribution in [0.3, 0.4) is 0 Å². The van der Waals surface area contributed by atoms with Crippen LogP contribution < -0.4 is 5.32 Å². The van der Waals surface area contributed by atoms with E-state index in [4.69, 9.17) is 0 Å². The first-order chi connectivity index (χ1) is 7.74. The lowest BCUT2D eigenvalue weighted by atomic mass is 10.2. The smallest absolute Gasteiger partial charge is 0.272 e. The van der Waals surface area contributed by atoms with Crippen LogP contribution in [0, 0.1) is 0 Å². The quantitative estimate of drug-likeness (QED) is 0.689. The largest absolute Gasteiger partial charge is 0.350 e. The Hall–Kier alpha value is -1.11. The molecule has 0 aliphatic carbocycles. The number of hydrogen-bond donors (Lipinski definition) is 1. The van der Waals surface area contributed by atoms with Gasteiger partial charge in [-0.25, -0.2) is 0 Å². The van der Waals surface area contributed by atoms with Gasteiger partial charge >= 0.3 is 0 Å². The second-order valence-electron chi connectivity index (χ2n) is 3.43. The van der Waals surface area contributed by atoms with Crippen LogP contribution in [0.4, 0.5) is 0 Å². The van der Waals surface area contributed by atoms with Crippen LogP contribution in [0.15, 0.2) is 24.3 Å². The third-order valence-electron chi connectivity index (χ3n) is 2.35. The first-order valence-corrected chi connectivity index (χ1v) is 6.52. The molecular formula is C11H12IN3O. The van der Waals surface area contributed by atoms with Gasteiger partial charge in [-0.05, 0) is 6.07 Å². The zero-order valence-electron chi connectivity index (χ0n) is 8.90. The molecule has 1 aromatic carbocycles. The average Bonchev–Trinajstić information content (AvgIpc) is 2.65. The predicted octanol–water partition coefficient (Wildman–Crippen LogP) is 1.74. The number of alkyl halides is 1. The van der Waals surface area contributed by atoms with Gasteiger partial charge in [0.15, 0.2) is 5.69 Å². The van der Waals surface area contributed by atoms with E-state index >= 15 is 0 Å². The molecule has 1 N–H and O–H groups in total. The normalized spacial score (nSPS) is 10.6. The van der Waals surface area contributed by atoms with Crippen molar-refractivity contribution < 1.29 is 4.79 Å². The molecule has 1 amide bonds. The highest BCUT2D eigenvalue weighted by Gasteiger charge is 2.14. The molecule has 84 valence electrons. The summed E-state index contributed by atoms with van der Waals surface area (Å²) in [7, 11) is 1.84. The maximum Gasteiger partial charge on any atom is 0.272 e. The fourth-order valence-electron chi connectivity index (χ4n) is 1.63. The van der Waals surface area contributed by atoms with Crippen LogP contribution in [0.1, 0.15) is 10.5 Å². The number of fused-ring (bicyclic) bond motifs is 1. The minimum atomic E-state index is -0.103. The molecule has 16 heavy (non-hydrogen) atoms. The zero-order valence-corrected chi connectivity index (χ0v) is 11.1. The molecule has 0 bridgehead atoms. The van der Waals surface area contributed by atoms with Crippen LogP contribution in [-0.2, 0) is 7.05 Å². The zero-order chi connectivity index (χ0) is 11.5. The van der Waals surface area contributed by atoms with Crippen molar-refractivity contribution in [1.29, 1.82) is 0 Å². The van der Waals surface area contributed by atoms with Crippen molar-refractivity contribution in [3.63, 3.8) is 0 Å². The lowest BCUT2D eigenvalue weighted by Crippen LogP contribution is -2.25. The number of para-hydroxylation sites is 1. The Kier molecular flexibility index (Phi) is 3.42. The Morgan fingerprint density at radius 1 is 1.50 bits per heavy atom. The number of halogens is 1. The fourth-order valence-corrected chi connectivity index (χ4v) is 1.90. The van der Waals surface area contributed by atoms with Gasteiger partial charge in [0.05, 0.1) is 5.52 Å². The van der Waals surface area contributed by atoms with Crippen molar-refractivity contribution in [2.24, 2.45) is 7.05 Å². The monoisotopic (exact) mass is 329 g/mol. The highest BCUT2D eigenvalue weighted by molar-refractivity contribution is 14.1. The number of aromatic nitrogens is 2. The van der Waals surface area contributed by atoms with Crippen molar-refractivity contribution in [2.45, 2.75) is 0 Å². The number of carbonyl (C=O) groups is 1. The molecule has 0 spiro atoms. The third kappa shape index (κ3) is 2.04. The van der Waals surface area contributed by atoms with Crippen LogP contribution in [0.5, 0.6) is 0 Å². The van der Waals surface area contributed by atoms with Crippen molar-refractivity contribution in [1.82, 2.24) is 15.1 Å². The molecule has 4 nitrogen and oxygen atoms in total. The second kappa shape index (κ2) is 4.82. The van der Waals surface area contributed by atoms with E-state index in [0.29, 0.717) is 12.2 Å². The molecule has 0 aliphatic rings. The van der Waals surface area contributed by atoms with Crippen LogP contribution >= 0.6 is 22.6 Å². The third-order valence-corrected chi connectivity index (χ3v) is 2.89. The summed E-state index contributed by atoms with van der Waals surface area (Å²) in [6.45, 7) is 0.671. The molecule has 1 aromatic heterocycles. The van der Waals surface area contributed by atoms with Crippen LogP contribution in [0.2, 0.25) is 0 Å². The highest BCUT2D eigenvalue weighted by atomic mass is 127. The first kappa shape index (κ1) is 11.4. The summed E-state index contributed by atoms with van der Waals surface area (Å²) in [4.78, 5) is 11.8. The summed E-state index contributed by atoms with van der Waals surface area (Å²) in [5.41, 5.74) is 1.48. The lowest BCUT2D eigenvalue weighted by molar-refractivity contribution is 0.0952. The van der Waals surface area contributed by atoms with Crippen molar-refractivity contribution in [3.8, 4) is 0 Å². The number of benzene rings is 1. The maximum atomic E-state index is 11.8. The van der Waals surface area contributed by atoms with Gasteiger partial charge in [0.2, 0.25) is 0 Å². The van der Waals surface area contributed by atoms with Gasteiger partial charge in [-0.1, -0.05) is 40.8 Å². The fraction of sp³-hybridized carbons (Fsp3) is 0.273. The first-order valence-electron chi connectivity index (χ1n) is 5.00. The summed E-state index contributed by atoms with van der Waals surface area (Å²) in [6.07, 6.45) is 0. The Bertz CT molecular complexity index is 521. The lowest BCUT2D eigenvalue weighted by Gasteiger charge is -1.99. The Morgan fingerprint density at radius 3 is 3.00 bits per heavy atom. The summed E-state index contributed by atoms with van der Waals surface area (Å²) in [5.74, 6) is -0.103. The topological polar surface area (TPSA) is 46.9 Å². The number of carbonyl (C=O) groups excluding carboxylic acids is 1. The van der Waals surface area contributed by atoms with Gasteiger partial charge in [0, 0.05) is 23.4 Å². The number of nitrogens with one attached hydrogen (secondary N) is 1. The van der Waals surface area contributed by atoms with Crippen molar-refractivity contribution in [2.75, 3.05) is 11.0 Å². The molecule has 2 rings (SSSR count). The van der Waals surface area contributed by atoms with Crippen LogP contribution in [-0.4, -0.2) is 26.7 Å². The standard InChI is InChI=1S/C11H12IN3O/c1-15-9-5-3-2-4-8(9)10(14-15)11(16)13-7-6-12/h2-5H,6-7H2,1H3,(H,13,16). The average molecular weight is 329 g/mol. The molecule has 2 aromatic rings. The maximum absolute atomic E-state index is 11.8. The van der Waals surface area contributed by atoms with Gasteiger partial charge in [-0.2, -0.15) is 5.10 Å². The van der Waals surface area contributed by atoms with Gasteiger partial charge in [-0.15, -0.1) is 0 Å². The van der Waals surface area contributed by atoms with E-state index in [1.165, 1.54) is 0 Å². The van der Waals surface area contributed by atoms with Gasteiger partial charge in [0.25, 0.3) is 5.91 Å². The molecule has 1 heterocycles. The summed E-state index contributed by atoms with van der Waals surface area (Å²) < 4.78 is 2.63. The van der Waals surface area contributed by atoms with E-state index in [9.17, 15) is 4.79 Å². The molecule has 0 fully saturated rings. The van der Waals surface area contributed by atoms with Gasteiger partial charge < -0.3 is 5.32 Å². The number of hydrogen-bond acceptors (Lipinski definition) is 2. The minimum absolute atomic E-state index is 0.103. The van der Waals surface area contributed by atoms with Crippen molar-refractivity contribution >= 4 is 39.4 Å². The van der Waals surface area contributed by atoms with E-state index in [1.54, 1.807) is 4.68 Å². The molecule has 0 radical (unpaired) electrons. The van der Waals surface area contributed by atoms with E-state index in [0.717, 1.165) is 15.3 Å². The van der Waals surface area contributed by atoms with E-state index in [1.807, 2.05) is 31.3 Å². The second-order valence-corrected chi connectivity index (χ2v) is 4.51. The van der Waals surface area contributed by atoms with Crippen molar-refractivity contribution in [3.05, 3.63) is 30.0 Å². The van der Waals surface area contributed by atoms with Gasteiger partial charge in [0.1, 0.15) is 0 Å². The molecule has 0 aliphatic heterocycles. The number of rotatable bonds is 3. The van der Waals surface area contributed by atoms with Gasteiger partial charge in [-0.3, -0.25) is 9.48 Å². The Morgan fingerprint density at radius 2 is 2.25 bits per heavy atom. The summed E-state index contributed by atoms with van der Waals surface area (Å²) in [5, 5.41) is 7.98. The van der Waals surface area contributed by atoms with E-state index < -0.39 is 0 Å². The number of nitrogens with zero attached hydrogens (tertiary/aromatic N) is 2. The van der Waals surface area contributed by atoms with E-state index in [-0.39, 0.29) is 5.91 Å². The highest BCUT2D eigenvalue weighted by Crippen LogP contribution is 2.16. The van der Waals surface area contributed by atoms with E-state index in [2.05, 4.69) is 33.0 Å².